The van der Waals surface area contributed by atoms with Crippen LogP contribution in [0.2, 0.25) is 5.02 Å². The van der Waals surface area contributed by atoms with Crippen LogP contribution in [0.1, 0.15) is 34.0 Å². The van der Waals surface area contributed by atoms with Crippen molar-refractivity contribution in [2.24, 2.45) is 11.8 Å². The van der Waals surface area contributed by atoms with E-state index in [0.29, 0.717) is 17.0 Å². The maximum absolute atomic E-state index is 12.5. The summed E-state index contributed by atoms with van der Waals surface area (Å²) in [6.07, 6.45) is 2.04. The van der Waals surface area contributed by atoms with Gasteiger partial charge in [0.05, 0.1) is 12.3 Å². The Morgan fingerprint density at radius 3 is 2.57 bits per heavy atom. The molecular formula is C18H14ClNO3. The first-order chi connectivity index (χ1) is 11.0. The Morgan fingerprint density at radius 1 is 1.30 bits per heavy atom. The Bertz CT molecular complexity index is 800. The van der Waals surface area contributed by atoms with Gasteiger partial charge in [-0.05, 0) is 48.6 Å². The zero-order chi connectivity index (χ0) is 16.6. The predicted molar refractivity (Wildman–Crippen MR) is 84.2 cm³/mol. The van der Waals surface area contributed by atoms with Crippen LogP contribution in [0.15, 0.2) is 41.0 Å². The van der Waals surface area contributed by atoms with Gasteiger partial charge in [0.1, 0.15) is 0 Å². The normalized spacial score (nSPS) is 20.6. The molecule has 0 aliphatic heterocycles. The molecule has 1 heterocycles. The lowest BCUT2D eigenvalue weighted by atomic mass is 9.93. The van der Waals surface area contributed by atoms with Gasteiger partial charge in [-0.3, -0.25) is 9.59 Å². The lowest BCUT2D eigenvalue weighted by Crippen LogP contribution is -2.24. The van der Waals surface area contributed by atoms with Crippen molar-refractivity contribution < 1.29 is 14.0 Å². The number of hydrogen-bond donors (Lipinski definition) is 0. The van der Waals surface area contributed by atoms with Crippen molar-refractivity contribution in [1.29, 1.82) is 5.26 Å². The molecule has 1 fully saturated rings. The Labute approximate surface area is 138 Å². The first-order valence-electron chi connectivity index (χ1n) is 7.30. The van der Waals surface area contributed by atoms with Crippen LogP contribution in [0.4, 0.5) is 0 Å². The second-order valence-corrected chi connectivity index (χ2v) is 6.20. The summed E-state index contributed by atoms with van der Waals surface area (Å²) in [5.41, 5.74) is 1.64. The van der Waals surface area contributed by atoms with Crippen LogP contribution in [0.5, 0.6) is 0 Å². The standard InChI is InChI=1S/C18H14ClNO3/c1-10-6-7-23-18(10)17(22)15(9-20)16(21)14-8-13(14)11-2-4-12(19)5-3-11/h2-7,13-15H,8H2,1H3. The number of nitrogens with zero attached hydrogens (tertiary/aromatic N) is 1. The molecule has 0 amide bonds. The zero-order valence-corrected chi connectivity index (χ0v) is 13.2. The van der Waals surface area contributed by atoms with Gasteiger partial charge in [0.15, 0.2) is 17.5 Å². The number of aryl methyl sites for hydroxylation is 1. The Balaban J connectivity index is 1.75. The van der Waals surface area contributed by atoms with Gasteiger partial charge in [0, 0.05) is 10.9 Å². The smallest absolute Gasteiger partial charge is 0.222 e. The maximum Gasteiger partial charge on any atom is 0.222 e. The molecule has 3 atom stereocenters. The quantitative estimate of drug-likeness (QED) is 0.616. The van der Waals surface area contributed by atoms with Gasteiger partial charge < -0.3 is 4.42 Å². The van der Waals surface area contributed by atoms with Crippen molar-refractivity contribution >= 4 is 23.2 Å². The van der Waals surface area contributed by atoms with Gasteiger partial charge in [0.25, 0.3) is 0 Å². The highest BCUT2D eigenvalue weighted by Gasteiger charge is 2.48. The van der Waals surface area contributed by atoms with Crippen LogP contribution in [0.25, 0.3) is 0 Å². The van der Waals surface area contributed by atoms with Crippen LogP contribution in [-0.4, -0.2) is 11.6 Å². The van der Waals surface area contributed by atoms with Crippen molar-refractivity contribution in [1.82, 2.24) is 0 Å². The van der Waals surface area contributed by atoms with Crippen LogP contribution >= 0.6 is 11.6 Å². The van der Waals surface area contributed by atoms with Gasteiger partial charge in [-0.25, -0.2) is 0 Å². The summed E-state index contributed by atoms with van der Waals surface area (Å²) < 4.78 is 5.12. The van der Waals surface area contributed by atoms with Gasteiger partial charge in [-0.1, -0.05) is 23.7 Å². The van der Waals surface area contributed by atoms with Crippen molar-refractivity contribution in [3.8, 4) is 6.07 Å². The van der Waals surface area contributed by atoms with E-state index in [1.165, 1.54) is 6.26 Å². The molecule has 2 aromatic rings. The van der Waals surface area contributed by atoms with E-state index in [4.69, 9.17) is 16.0 Å². The van der Waals surface area contributed by atoms with E-state index in [2.05, 4.69) is 0 Å². The van der Waals surface area contributed by atoms with Gasteiger partial charge in [0.2, 0.25) is 5.78 Å². The second kappa shape index (κ2) is 6.02. The summed E-state index contributed by atoms with van der Waals surface area (Å²) in [4.78, 5) is 24.9. The SMILES string of the molecule is Cc1ccoc1C(=O)C(C#N)C(=O)C1CC1c1ccc(Cl)cc1. The number of benzene rings is 1. The van der Waals surface area contributed by atoms with Crippen molar-refractivity contribution in [2.75, 3.05) is 0 Å². The third-order valence-electron chi connectivity index (χ3n) is 4.22. The summed E-state index contributed by atoms with van der Waals surface area (Å²) in [7, 11) is 0. The number of furan rings is 1. The van der Waals surface area contributed by atoms with Gasteiger partial charge in [-0.15, -0.1) is 0 Å². The monoisotopic (exact) mass is 327 g/mol. The average Bonchev–Trinajstić information content (AvgIpc) is 3.22. The van der Waals surface area contributed by atoms with E-state index in [1.54, 1.807) is 25.1 Å². The number of ketones is 2. The number of rotatable bonds is 5. The molecule has 23 heavy (non-hydrogen) atoms. The van der Waals surface area contributed by atoms with E-state index in [9.17, 15) is 14.9 Å². The first-order valence-corrected chi connectivity index (χ1v) is 7.68. The number of nitriles is 1. The van der Waals surface area contributed by atoms with Crippen LogP contribution < -0.4 is 0 Å². The zero-order valence-electron chi connectivity index (χ0n) is 12.5. The number of halogens is 1. The highest BCUT2D eigenvalue weighted by Crippen LogP contribution is 2.49. The van der Waals surface area contributed by atoms with Crippen LogP contribution in [0, 0.1) is 30.1 Å². The third kappa shape index (κ3) is 2.93. The van der Waals surface area contributed by atoms with E-state index < -0.39 is 11.7 Å². The summed E-state index contributed by atoms with van der Waals surface area (Å²) in [5, 5.41) is 9.91. The third-order valence-corrected chi connectivity index (χ3v) is 4.47. The summed E-state index contributed by atoms with van der Waals surface area (Å²) in [6, 6.07) is 10.8. The highest BCUT2D eigenvalue weighted by atomic mass is 35.5. The molecule has 4 nitrogen and oxygen atoms in total. The predicted octanol–water partition coefficient (Wildman–Crippen LogP) is 3.94. The molecule has 0 saturated heterocycles. The fourth-order valence-electron chi connectivity index (χ4n) is 2.81. The van der Waals surface area contributed by atoms with E-state index >= 15 is 0 Å². The molecule has 3 rings (SSSR count). The van der Waals surface area contributed by atoms with Gasteiger partial charge >= 0.3 is 0 Å². The number of hydrogen-bond acceptors (Lipinski definition) is 4. The highest BCUT2D eigenvalue weighted by molar-refractivity contribution is 6.30. The lowest BCUT2D eigenvalue weighted by molar-refractivity contribution is -0.121. The molecule has 116 valence electrons. The van der Waals surface area contributed by atoms with E-state index in [1.807, 2.05) is 18.2 Å². The minimum absolute atomic E-state index is 0.0566. The molecule has 0 radical (unpaired) electrons. The molecule has 0 spiro atoms. The van der Waals surface area contributed by atoms with Gasteiger partial charge in [-0.2, -0.15) is 5.26 Å². The summed E-state index contributed by atoms with van der Waals surface area (Å²) in [6.45, 7) is 1.71. The number of Topliss-reactive ketones (excluding diaryl/α,β-unsaturated/α-hetero) is 2. The van der Waals surface area contributed by atoms with Crippen LogP contribution in [0.3, 0.4) is 0 Å². The average molecular weight is 328 g/mol. The molecule has 0 bridgehead atoms. The minimum atomic E-state index is -1.30. The van der Waals surface area contributed by atoms with E-state index in [0.717, 1.165) is 5.56 Å². The second-order valence-electron chi connectivity index (χ2n) is 5.76. The maximum atomic E-state index is 12.5. The Kier molecular flexibility index (Phi) is 4.06. The molecular weight excluding hydrogens is 314 g/mol. The summed E-state index contributed by atoms with van der Waals surface area (Å²) >= 11 is 5.86. The fourth-order valence-corrected chi connectivity index (χ4v) is 2.94. The molecule has 1 aliphatic rings. The Hall–Kier alpha value is -2.38. The molecule has 0 N–H and O–H groups in total. The molecule has 1 saturated carbocycles. The van der Waals surface area contributed by atoms with Crippen molar-refractivity contribution in [3.05, 3.63) is 58.5 Å². The molecule has 1 aromatic heterocycles. The number of carbonyl (C=O) groups is 2. The number of carbonyl (C=O) groups excluding carboxylic acids is 2. The van der Waals surface area contributed by atoms with Crippen molar-refractivity contribution in [2.45, 2.75) is 19.3 Å². The minimum Gasteiger partial charge on any atom is -0.461 e. The topological polar surface area (TPSA) is 71.1 Å². The lowest BCUT2D eigenvalue weighted by Gasteiger charge is -2.06. The molecule has 1 aliphatic carbocycles. The molecule has 3 unspecified atom stereocenters. The summed E-state index contributed by atoms with van der Waals surface area (Å²) in [5.74, 6) is -2.33. The van der Waals surface area contributed by atoms with Crippen LogP contribution in [-0.2, 0) is 4.79 Å². The largest absolute Gasteiger partial charge is 0.461 e. The fraction of sp³-hybridized carbons (Fsp3) is 0.278. The molecule has 5 heteroatoms. The first kappa shape index (κ1) is 15.5. The van der Waals surface area contributed by atoms with Crippen molar-refractivity contribution in [3.63, 3.8) is 0 Å². The molecule has 1 aromatic carbocycles. The Morgan fingerprint density at radius 2 is 2.00 bits per heavy atom. The van der Waals surface area contributed by atoms with E-state index in [-0.39, 0.29) is 23.4 Å².